The van der Waals surface area contributed by atoms with Crippen LogP contribution in [0.3, 0.4) is 0 Å². The minimum Gasteiger partial charge on any atom is -0.469 e. The number of carbonyl (C=O) groups excluding carboxylic acids is 1. The van der Waals surface area contributed by atoms with E-state index in [1.54, 1.807) is 6.92 Å². The Labute approximate surface area is 262 Å². The third-order valence-corrected chi connectivity index (χ3v) is 11.3. The summed E-state index contributed by atoms with van der Waals surface area (Å²) in [6, 6.07) is 9.53. The SMILES string of the molecule is COC(=O)C(C)(C)[C@H](c1ccc(C)c(CN2CC3(CC3)Oc3nc(Cl)c(C)cc3S2(=O)=O)c1)c1ccn2c(C)nnc2c1C. The Morgan fingerprint density at radius 2 is 1.84 bits per heavy atom. The maximum atomic E-state index is 14.1. The highest BCUT2D eigenvalue weighted by atomic mass is 35.5. The van der Waals surface area contributed by atoms with Gasteiger partial charge in [-0.05, 0) is 99.9 Å². The third-order valence-electron chi connectivity index (χ3n) is 9.12. The molecule has 3 aromatic heterocycles. The molecule has 2 aliphatic rings. The molecule has 1 aliphatic heterocycles. The number of ether oxygens (including phenoxy) is 2. The van der Waals surface area contributed by atoms with Crippen LogP contribution in [0.1, 0.15) is 71.8 Å². The number of rotatable bonds is 6. The number of benzene rings is 1. The Kier molecular flexibility index (Phi) is 7.29. The largest absolute Gasteiger partial charge is 0.469 e. The molecule has 0 amide bonds. The Morgan fingerprint density at radius 3 is 2.52 bits per heavy atom. The van der Waals surface area contributed by atoms with E-state index in [4.69, 9.17) is 21.1 Å². The molecule has 0 unspecified atom stereocenters. The smallest absolute Gasteiger partial charge is 0.312 e. The molecule has 1 spiro atoms. The zero-order chi connectivity index (χ0) is 31.8. The van der Waals surface area contributed by atoms with Crippen molar-refractivity contribution in [1.82, 2.24) is 23.9 Å². The molecule has 1 saturated carbocycles. The van der Waals surface area contributed by atoms with Crippen molar-refractivity contribution < 1.29 is 22.7 Å². The van der Waals surface area contributed by atoms with E-state index in [2.05, 4.69) is 15.2 Å². The molecule has 6 rings (SSSR count). The average molecular weight is 638 g/mol. The normalized spacial score (nSPS) is 18.0. The van der Waals surface area contributed by atoms with Gasteiger partial charge in [0.15, 0.2) is 5.65 Å². The molecule has 1 fully saturated rings. The zero-order valence-electron chi connectivity index (χ0n) is 25.9. The number of aromatic nitrogens is 4. The zero-order valence-corrected chi connectivity index (χ0v) is 27.5. The van der Waals surface area contributed by atoms with Gasteiger partial charge in [0.05, 0.1) is 19.1 Å². The van der Waals surface area contributed by atoms with Gasteiger partial charge in [-0.15, -0.1) is 10.2 Å². The minimum absolute atomic E-state index is 0.0224. The van der Waals surface area contributed by atoms with E-state index in [1.165, 1.54) is 17.5 Å². The molecule has 10 nitrogen and oxygen atoms in total. The van der Waals surface area contributed by atoms with Crippen LogP contribution in [-0.4, -0.2) is 57.5 Å². The molecule has 0 saturated heterocycles. The van der Waals surface area contributed by atoms with Crippen molar-refractivity contribution >= 4 is 33.2 Å². The summed E-state index contributed by atoms with van der Waals surface area (Å²) in [4.78, 5) is 17.6. The van der Waals surface area contributed by atoms with Crippen LogP contribution in [0, 0.1) is 33.1 Å². The van der Waals surface area contributed by atoms with Gasteiger partial charge in [0.2, 0.25) is 15.9 Å². The van der Waals surface area contributed by atoms with E-state index in [9.17, 15) is 13.2 Å². The van der Waals surface area contributed by atoms with Crippen molar-refractivity contribution in [2.24, 2.45) is 5.41 Å². The molecule has 44 heavy (non-hydrogen) atoms. The molecule has 4 heterocycles. The van der Waals surface area contributed by atoms with Gasteiger partial charge in [-0.3, -0.25) is 9.20 Å². The van der Waals surface area contributed by atoms with E-state index >= 15 is 0 Å². The fraction of sp³-hybridized carbons (Fsp3) is 0.438. The highest BCUT2D eigenvalue weighted by molar-refractivity contribution is 7.89. The third kappa shape index (κ3) is 4.95. The number of esters is 1. The Hall–Kier alpha value is -3.54. The lowest BCUT2D eigenvalue weighted by atomic mass is 9.70. The van der Waals surface area contributed by atoms with E-state index in [-0.39, 0.29) is 35.0 Å². The summed E-state index contributed by atoms with van der Waals surface area (Å²) in [5, 5.41) is 8.84. The van der Waals surface area contributed by atoms with Gasteiger partial charge in [-0.1, -0.05) is 29.8 Å². The summed E-state index contributed by atoms with van der Waals surface area (Å²) in [7, 11) is -2.58. The summed E-state index contributed by atoms with van der Waals surface area (Å²) < 4.78 is 43.1. The van der Waals surface area contributed by atoms with Crippen molar-refractivity contribution in [2.75, 3.05) is 13.7 Å². The van der Waals surface area contributed by atoms with Crippen molar-refractivity contribution in [2.45, 2.75) is 77.3 Å². The van der Waals surface area contributed by atoms with Crippen LogP contribution in [0.4, 0.5) is 0 Å². The number of carbonyl (C=O) groups is 1. The van der Waals surface area contributed by atoms with Gasteiger partial charge in [0.25, 0.3) is 0 Å². The first-order valence-corrected chi connectivity index (χ1v) is 16.4. The number of fused-ring (bicyclic) bond motifs is 2. The monoisotopic (exact) mass is 637 g/mol. The van der Waals surface area contributed by atoms with Crippen LogP contribution in [0.25, 0.3) is 5.65 Å². The molecule has 232 valence electrons. The molecular formula is C32H36ClN5O5S. The Morgan fingerprint density at radius 1 is 1.11 bits per heavy atom. The highest BCUT2D eigenvalue weighted by Crippen LogP contribution is 2.47. The van der Waals surface area contributed by atoms with Crippen molar-refractivity contribution in [1.29, 1.82) is 0 Å². The number of nitrogens with zero attached hydrogens (tertiary/aromatic N) is 5. The van der Waals surface area contributed by atoms with E-state index in [0.29, 0.717) is 11.2 Å². The first kappa shape index (κ1) is 30.5. The van der Waals surface area contributed by atoms with Crippen molar-refractivity contribution in [3.63, 3.8) is 0 Å². The predicted molar refractivity (Wildman–Crippen MR) is 165 cm³/mol. The van der Waals surface area contributed by atoms with Gasteiger partial charge >= 0.3 is 5.97 Å². The first-order chi connectivity index (χ1) is 20.7. The molecule has 4 aromatic rings. The van der Waals surface area contributed by atoms with E-state index < -0.39 is 27.0 Å². The van der Waals surface area contributed by atoms with Crippen LogP contribution in [0.2, 0.25) is 5.15 Å². The van der Waals surface area contributed by atoms with Crippen LogP contribution < -0.4 is 4.74 Å². The second-order valence-corrected chi connectivity index (χ2v) is 14.9. The summed E-state index contributed by atoms with van der Waals surface area (Å²) in [5.41, 5.74) is 4.10. The number of sulfonamides is 1. The lowest BCUT2D eigenvalue weighted by molar-refractivity contribution is -0.151. The number of methoxy groups -OCH3 is 1. The first-order valence-electron chi connectivity index (χ1n) is 14.5. The van der Waals surface area contributed by atoms with Crippen molar-refractivity contribution in [3.05, 3.63) is 80.9 Å². The minimum atomic E-state index is -3.97. The van der Waals surface area contributed by atoms with Gasteiger partial charge in [-0.2, -0.15) is 4.31 Å². The topological polar surface area (TPSA) is 116 Å². The van der Waals surface area contributed by atoms with Crippen LogP contribution in [0.5, 0.6) is 5.88 Å². The van der Waals surface area contributed by atoms with Gasteiger partial charge in [0, 0.05) is 18.7 Å². The maximum Gasteiger partial charge on any atom is 0.312 e. The summed E-state index contributed by atoms with van der Waals surface area (Å²) in [6.07, 6.45) is 3.37. The Balaban J connectivity index is 1.46. The summed E-state index contributed by atoms with van der Waals surface area (Å²) in [6.45, 7) is 11.6. The van der Waals surface area contributed by atoms with E-state index in [0.717, 1.165) is 46.5 Å². The highest BCUT2D eigenvalue weighted by Gasteiger charge is 2.53. The molecule has 1 aliphatic carbocycles. The maximum absolute atomic E-state index is 14.1. The molecule has 0 bridgehead atoms. The molecule has 0 N–H and O–H groups in total. The van der Waals surface area contributed by atoms with Gasteiger partial charge < -0.3 is 9.47 Å². The number of hydrogen-bond acceptors (Lipinski definition) is 8. The summed E-state index contributed by atoms with van der Waals surface area (Å²) in [5.74, 6) is 0.0365. The number of hydrogen-bond donors (Lipinski definition) is 0. The average Bonchev–Trinajstić information content (AvgIpc) is 3.64. The second kappa shape index (κ2) is 10.5. The predicted octanol–water partition coefficient (Wildman–Crippen LogP) is 5.46. The van der Waals surface area contributed by atoms with Gasteiger partial charge in [-0.25, -0.2) is 13.4 Å². The molecule has 1 aromatic carbocycles. The Bertz CT molecular complexity index is 1930. The molecular weight excluding hydrogens is 602 g/mol. The van der Waals surface area contributed by atoms with Crippen LogP contribution in [0.15, 0.2) is 41.4 Å². The molecule has 0 radical (unpaired) electrons. The second-order valence-electron chi connectivity index (χ2n) is 12.6. The van der Waals surface area contributed by atoms with Crippen molar-refractivity contribution in [3.8, 4) is 5.88 Å². The molecule has 1 atom stereocenters. The lowest BCUT2D eigenvalue weighted by Gasteiger charge is -2.34. The quantitative estimate of drug-likeness (QED) is 0.202. The van der Waals surface area contributed by atoms with Crippen LogP contribution >= 0.6 is 11.6 Å². The number of aryl methyl sites for hydroxylation is 4. The van der Waals surface area contributed by atoms with Gasteiger partial charge in [0.1, 0.15) is 21.5 Å². The summed E-state index contributed by atoms with van der Waals surface area (Å²) >= 11 is 6.26. The number of halogens is 1. The van der Waals surface area contributed by atoms with E-state index in [1.807, 2.05) is 69.5 Å². The molecule has 12 heteroatoms. The fourth-order valence-corrected chi connectivity index (χ4v) is 8.01. The van der Waals surface area contributed by atoms with Crippen LogP contribution in [-0.2, 0) is 26.1 Å². The number of pyridine rings is 2. The lowest BCUT2D eigenvalue weighted by Crippen LogP contribution is -2.38. The standard InChI is InChI=1S/C32H36ClN5O5S/c1-18-8-9-22(26(31(5,6)30(39)42-7)24-10-13-38-21(4)35-36-28(38)20(24)3)15-23(18)16-37-17-32(11-12-32)43-29-25(44(37,40)41)14-19(2)27(33)34-29/h8-10,13-15,26H,11-12,16-17H2,1-7H3/t26-/m1/s1. The fourth-order valence-electron chi connectivity index (χ4n) is 6.25.